The van der Waals surface area contributed by atoms with Gasteiger partial charge in [0.25, 0.3) is 11.8 Å². The number of carbonyl (C=O) groups is 4. The summed E-state index contributed by atoms with van der Waals surface area (Å²) in [6, 6.07) is 6.93. The van der Waals surface area contributed by atoms with Gasteiger partial charge in [0.1, 0.15) is 33.4 Å². The first-order chi connectivity index (χ1) is 20.0. The first-order valence-corrected chi connectivity index (χ1v) is 14.3. The zero-order chi connectivity index (χ0) is 30.0. The van der Waals surface area contributed by atoms with Gasteiger partial charge in [-0.1, -0.05) is 6.07 Å². The molecule has 3 heterocycles. The van der Waals surface area contributed by atoms with Gasteiger partial charge in [-0.2, -0.15) is 0 Å². The van der Waals surface area contributed by atoms with Gasteiger partial charge < -0.3 is 30.9 Å². The predicted octanol–water partition coefficient (Wildman–Crippen LogP) is -1.49. The van der Waals surface area contributed by atoms with E-state index in [0.29, 0.717) is 45.7 Å². The van der Waals surface area contributed by atoms with Gasteiger partial charge in [-0.05, 0) is 30.2 Å². The maximum Gasteiger partial charge on any atom is 0.272 e. The summed E-state index contributed by atoms with van der Waals surface area (Å²) in [7, 11) is 7.08. The lowest BCUT2D eigenvalue weighted by Crippen LogP contribution is -2.50. The van der Waals surface area contributed by atoms with Crippen molar-refractivity contribution in [1.29, 1.82) is 0 Å². The molecule has 2 aromatic heterocycles. The third-order valence-electron chi connectivity index (χ3n) is 6.46. The van der Waals surface area contributed by atoms with Crippen molar-refractivity contribution in [2.24, 2.45) is 5.92 Å². The molecule has 3 aromatic rings. The van der Waals surface area contributed by atoms with Crippen LogP contribution in [-0.2, 0) is 9.59 Å². The van der Waals surface area contributed by atoms with Crippen LogP contribution < -0.4 is 26.0 Å². The lowest BCUT2D eigenvalue weighted by Gasteiger charge is -2.25. The topological polar surface area (TPSA) is 168 Å². The molecule has 1 aliphatic heterocycles. The number of ether oxygens (including phenoxy) is 1. The number of aromatic nitrogens is 3. The Hall–Kier alpha value is -4.40. The van der Waals surface area contributed by atoms with Crippen LogP contribution in [-0.4, -0.2) is 99.2 Å². The fourth-order valence-corrected chi connectivity index (χ4v) is 5.23. The van der Waals surface area contributed by atoms with Crippen LogP contribution in [0.15, 0.2) is 30.5 Å². The highest BCUT2D eigenvalue weighted by Gasteiger charge is 2.31. The molecule has 0 spiro atoms. The molecule has 42 heavy (non-hydrogen) atoms. The van der Waals surface area contributed by atoms with Gasteiger partial charge in [0.15, 0.2) is 17.3 Å². The van der Waals surface area contributed by atoms with Crippen LogP contribution in [0, 0.1) is 5.92 Å². The van der Waals surface area contributed by atoms with Crippen LogP contribution in [0.1, 0.15) is 33.0 Å². The van der Waals surface area contributed by atoms with E-state index in [4.69, 9.17) is 4.74 Å². The molecule has 2 fully saturated rings. The van der Waals surface area contributed by atoms with Crippen molar-refractivity contribution < 1.29 is 23.9 Å². The van der Waals surface area contributed by atoms with Crippen molar-refractivity contribution in [3.8, 4) is 16.3 Å². The van der Waals surface area contributed by atoms with Crippen LogP contribution in [0.4, 0.5) is 17.2 Å². The highest BCUT2D eigenvalue weighted by molar-refractivity contribution is 7.17. The van der Waals surface area contributed by atoms with Crippen LogP contribution in [0.25, 0.3) is 10.6 Å². The Morgan fingerprint density at radius 1 is 1.17 bits per heavy atom. The van der Waals surface area contributed by atoms with Crippen molar-refractivity contribution in [2.45, 2.75) is 18.1 Å². The largest absolute Gasteiger partial charge is 0.494 e. The monoisotopic (exact) mass is 586 g/mol. The average Bonchev–Trinajstić information content (AvgIpc) is 3.68. The van der Waals surface area contributed by atoms with E-state index in [1.807, 2.05) is 29.6 Å². The molecular formula is C25H29B3N8O5S. The van der Waals surface area contributed by atoms with Crippen molar-refractivity contribution in [3.63, 3.8) is 0 Å². The number of carbonyl (C=O) groups excluding carboxylic acids is 4. The number of nitrogens with zero attached hydrogens (tertiary/aromatic N) is 4. The number of benzene rings is 1. The molecule has 1 aliphatic carbocycles. The van der Waals surface area contributed by atoms with E-state index >= 15 is 0 Å². The quantitative estimate of drug-likeness (QED) is 0.219. The number of amides is 4. The van der Waals surface area contributed by atoms with E-state index in [1.165, 1.54) is 29.5 Å². The molecule has 1 saturated heterocycles. The summed E-state index contributed by atoms with van der Waals surface area (Å²) >= 11 is 1.19. The Morgan fingerprint density at radius 3 is 2.64 bits per heavy atom. The number of para-hydroxylation sites is 1. The molecule has 0 bridgehead atoms. The van der Waals surface area contributed by atoms with Gasteiger partial charge in [-0.25, -0.2) is 4.98 Å². The Bertz CT molecular complexity index is 1560. The molecule has 1 saturated carbocycles. The molecule has 1 aromatic carbocycles. The van der Waals surface area contributed by atoms with Gasteiger partial charge in [0.05, 0.1) is 36.8 Å². The minimum Gasteiger partial charge on any atom is -0.494 e. The number of rotatable bonds is 9. The fraction of sp³-hybridized carbons (Fsp3) is 0.320. The number of thiazole rings is 1. The van der Waals surface area contributed by atoms with E-state index in [1.54, 1.807) is 18.2 Å². The zero-order valence-electron chi connectivity index (χ0n) is 23.7. The Labute approximate surface area is 248 Å². The Balaban J connectivity index is 1.45. The first-order valence-electron chi connectivity index (χ1n) is 13.5. The summed E-state index contributed by atoms with van der Waals surface area (Å²) in [6.07, 6.45) is 3.15. The highest BCUT2D eigenvalue weighted by Crippen LogP contribution is 2.40. The Morgan fingerprint density at radius 2 is 1.95 bits per heavy atom. The molecule has 0 radical (unpaired) electrons. The van der Waals surface area contributed by atoms with E-state index in [9.17, 15) is 19.2 Å². The number of anilines is 3. The summed E-state index contributed by atoms with van der Waals surface area (Å²) in [5, 5.41) is 19.8. The second-order valence-electron chi connectivity index (χ2n) is 11.1. The molecule has 5 rings (SSSR count). The summed E-state index contributed by atoms with van der Waals surface area (Å²) in [4.78, 5) is 56.6. The maximum absolute atomic E-state index is 13.1. The normalized spacial score (nSPS) is 15.0. The van der Waals surface area contributed by atoms with Crippen molar-refractivity contribution in [3.05, 3.63) is 41.0 Å². The second kappa shape index (κ2) is 11.8. The van der Waals surface area contributed by atoms with E-state index < -0.39 is 11.1 Å². The van der Waals surface area contributed by atoms with Crippen molar-refractivity contribution in [2.75, 3.05) is 37.4 Å². The minimum absolute atomic E-state index is 0.00296. The molecule has 0 unspecified atom stereocenters. The molecule has 4 amide bonds. The van der Waals surface area contributed by atoms with E-state index in [-0.39, 0.29) is 41.7 Å². The average molecular weight is 586 g/mol. The minimum atomic E-state index is -0.523. The number of hydrogen-bond acceptors (Lipinski definition) is 10. The van der Waals surface area contributed by atoms with Crippen LogP contribution in [0.5, 0.6) is 5.75 Å². The van der Waals surface area contributed by atoms with Crippen LogP contribution in [0.3, 0.4) is 0 Å². The van der Waals surface area contributed by atoms with E-state index in [0.717, 1.165) is 12.8 Å². The molecule has 0 atom stereocenters. The van der Waals surface area contributed by atoms with E-state index in [2.05, 4.69) is 36.4 Å². The summed E-state index contributed by atoms with van der Waals surface area (Å²) < 4.78 is 5.77. The third kappa shape index (κ3) is 6.73. The molecule has 4 N–H and O–H groups in total. The van der Waals surface area contributed by atoms with Crippen molar-refractivity contribution >= 4 is 75.7 Å². The maximum atomic E-state index is 13.1. The van der Waals surface area contributed by atoms with Gasteiger partial charge in [-0.3, -0.25) is 19.2 Å². The smallest absolute Gasteiger partial charge is 0.272 e. The lowest BCUT2D eigenvalue weighted by molar-refractivity contribution is -0.123. The Kier molecular flexibility index (Phi) is 8.21. The van der Waals surface area contributed by atoms with Crippen LogP contribution >= 0.6 is 11.3 Å². The third-order valence-corrected chi connectivity index (χ3v) is 7.48. The molecule has 214 valence electrons. The predicted molar refractivity (Wildman–Crippen MR) is 166 cm³/mol. The first kappa shape index (κ1) is 29.1. The SMILES string of the molecule is BC(B)(B)NC(=O)c1nnc(NC(=O)C2CC2)cc1Nc1cccc(-c2ncc(C(=O)N3CCNC(=O)C3)s2)c1OC. The van der Waals surface area contributed by atoms with Gasteiger partial charge in [0.2, 0.25) is 11.8 Å². The zero-order valence-corrected chi connectivity index (χ0v) is 24.6. The molecule has 17 heteroatoms. The molecule has 13 nitrogen and oxygen atoms in total. The number of hydrogen-bond donors (Lipinski definition) is 4. The van der Waals surface area contributed by atoms with Crippen molar-refractivity contribution in [1.82, 2.24) is 30.7 Å². The standard InChI is InChI=1S/C25H29B3N8O5S/c1-41-20-13(23-30-10-16(42-23)24(40)36-8-7-29-18(37)11-36)3-2-4-14(20)31-15-9-17(32-21(38)12-5-6-12)34-35-19(15)22(39)33-25(26,27)28/h2-4,9-10,12H,5-8,11,26-28H2,1H3,(H,29,37)(H,33,39)(H2,31,32,34,38). The van der Waals surface area contributed by atoms with Gasteiger partial charge in [0, 0.05) is 25.1 Å². The number of nitrogens with one attached hydrogen (secondary N) is 4. The fourth-order valence-electron chi connectivity index (χ4n) is 4.32. The second-order valence-corrected chi connectivity index (χ2v) is 12.1. The number of methoxy groups -OCH3 is 1. The molecular weight excluding hydrogens is 557 g/mol. The molecule has 2 aliphatic rings. The lowest BCUT2D eigenvalue weighted by atomic mass is 9.49. The summed E-state index contributed by atoms with van der Waals surface area (Å²) in [5.41, 5.74) is 1.47. The highest BCUT2D eigenvalue weighted by atomic mass is 32.1. The summed E-state index contributed by atoms with van der Waals surface area (Å²) in [6.45, 7) is 0.834. The summed E-state index contributed by atoms with van der Waals surface area (Å²) in [5.74, 6) is -0.442. The van der Waals surface area contributed by atoms with Gasteiger partial charge in [-0.15, -0.1) is 21.5 Å². The van der Waals surface area contributed by atoms with Crippen LogP contribution in [0.2, 0.25) is 0 Å². The van der Waals surface area contributed by atoms with Gasteiger partial charge >= 0.3 is 0 Å². The number of piperazine rings is 1.